The third-order valence-corrected chi connectivity index (χ3v) is 7.37. The van der Waals surface area contributed by atoms with Crippen LogP contribution in [-0.2, 0) is 30.1 Å². The lowest BCUT2D eigenvalue weighted by Crippen LogP contribution is -2.56. The van der Waals surface area contributed by atoms with Gasteiger partial charge in [0.2, 0.25) is 11.8 Å². The van der Waals surface area contributed by atoms with E-state index in [2.05, 4.69) is 5.32 Å². The van der Waals surface area contributed by atoms with E-state index in [4.69, 9.17) is 19.8 Å². The lowest BCUT2D eigenvalue weighted by molar-refractivity contribution is -0.131. The van der Waals surface area contributed by atoms with Gasteiger partial charge < -0.3 is 25.1 Å². The van der Waals surface area contributed by atoms with Crippen LogP contribution in [0.2, 0.25) is 0 Å². The highest BCUT2D eigenvalue weighted by Crippen LogP contribution is 2.36. The number of nitrogens with two attached hydrogens (primary N) is 1. The predicted molar refractivity (Wildman–Crippen MR) is 138 cm³/mol. The third-order valence-electron chi connectivity index (χ3n) is 7.37. The van der Waals surface area contributed by atoms with E-state index >= 15 is 0 Å². The normalized spacial score (nSPS) is 21.6. The molecule has 0 saturated carbocycles. The molecule has 3 N–H and O–H groups in total. The van der Waals surface area contributed by atoms with E-state index in [9.17, 15) is 14.4 Å². The molecule has 2 heterocycles. The zero-order valence-electron chi connectivity index (χ0n) is 22.2. The second kappa shape index (κ2) is 11.6. The van der Waals surface area contributed by atoms with Crippen molar-refractivity contribution >= 4 is 30.5 Å². The van der Waals surface area contributed by atoms with Gasteiger partial charge in [0.15, 0.2) is 0 Å². The van der Waals surface area contributed by atoms with Crippen molar-refractivity contribution in [2.75, 3.05) is 13.2 Å². The maximum absolute atomic E-state index is 13.1. The average molecular weight is 501 g/mol. The number of hydrogen-bond acceptors (Lipinski definition) is 6. The quantitative estimate of drug-likeness (QED) is 0.396. The summed E-state index contributed by atoms with van der Waals surface area (Å²) in [4.78, 5) is 39.3. The number of hydrogen-bond donors (Lipinski definition) is 2. The first kappa shape index (κ1) is 28.0. The summed E-state index contributed by atoms with van der Waals surface area (Å²) in [6.07, 6.45) is 3.57. The number of piperidine rings is 1. The topological polar surface area (TPSA) is 120 Å². The van der Waals surface area contributed by atoms with E-state index in [0.29, 0.717) is 19.6 Å². The Bertz CT molecular complexity index is 920. The molecule has 2 atom stereocenters. The van der Waals surface area contributed by atoms with Crippen molar-refractivity contribution in [2.24, 2.45) is 5.73 Å². The summed E-state index contributed by atoms with van der Waals surface area (Å²) in [6.45, 7) is 10.8. The molecule has 1 aromatic rings. The van der Waals surface area contributed by atoms with Crippen molar-refractivity contribution < 1.29 is 28.4 Å². The summed E-state index contributed by atoms with van der Waals surface area (Å²) >= 11 is 0. The lowest BCUT2D eigenvalue weighted by Gasteiger charge is -2.34. The minimum absolute atomic E-state index is 0.235. The highest BCUT2D eigenvalue weighted by molar-refractivity contribution is 6.62. The number of carbonyl (C=O) groups excluding carboxylic acids is 3. The van der Waals surface area contributed by atoms with Crippen LogP contribution in [0.15, 0.2) is 24.3 Å². The molecule has 10 heteroatoms. The van der Waals surface area contributed by atoms with Gasteiger partial charge in [0.05, 0.1) is 17.8 Å². The van der Waals surface area contributed by atoms with Crippen molar-refractivity contribution in [3.05, 3.63) is 29.8 Å². The van der Waals surface area contributed by atoms with Crippen LogP contribution >= 0.6 is 0 Å². The lowest BCUT2D eigenvalue weighted by atomic mass is 9.78. The fourth-order valence-corrected chi connectivity index (χ4v) is 4.33. The van der Waals surface area contributed by atoms with Gasteiger partial charge in [-0.1, -0.05) is 37.6 Å². The Morgan fingerprint density at radius 1 is 1.14 bits per heavy atom. The Labute approximate surface area is 214 Å². The number of ether oxygens (including phenoxy) is 1. The Kier molecular flexibility index (Phi) is 9.05. The maximum Gasteiger partial charge on any atom is 0.494 e. The molecule has 0 aliphatic carbocycles. The summed E-state index contributed by atoms with van der Waals surface area (Å²) in [5, 5.41) is 2.77. The van der Waals surface area contributed by atoms with E-state index in [1.807, 2.05) is 58.9 Å². The monoisotopic (exact) mass is 501 g/mol. The third kappa shape index (κ3) is 6.59. The Balaban J connectivity index is 1.63. The number of likely N-dealkylation sites (tertiary alicyclic amines) is 1. The van der Waals surface area contributed by atoms with Gasteiger partial charge >= 0.3 is 13.2 Å². The van der Waals surface area contributed by atoms with E-state index in [1.165, 1.54) is 4.90 Å². The summed E-state index contributed by atoms with van der Waals surface area (Å²) in [7, 11) is -0.481. The van der Waals surface area contributed by atoms with Crippen molar-refractivity contribution in [1.29, 1.82) is 0 Å². The standard InChI is InChI=1S/C26H40BN3O6/c1-6-7-16-34-24(33)30-15-9-8-10-21(30)23(32)29-20(22(28)31)17-18-11-13-19(14-12-18)27-35-25(2,3)26(4,5)36-27/h11-14,20-21H,6-10,15-17H2,1-5H3,(H2,28,31)(H,29,32)/t20-,21?/m0/s1. The largest absolute Gasteiger partial charge is 0.494 e. The number of nitrogens with one attached hydrogen (secondary N) is 1. The fourth-order valence-electron chi connectivity index (χ4n) is 4.33. The zero-order chi connectivity index (χ0) is 26.5. The molecule has 1 aromatic carbocycles. The molecule has 2 aliphatic heterocycles. The Hall–Kier alpha value is -2.59. The summed E-state index contributed by atoms with van der Waals surface area (Å²) in [5.74, 6) is -1.02. The minimum atomic E-state index is -0.903. The molecule has 0 aromatic heterocycles. The molecule has 198 valence electrons. The van der Waals surface area contributed by atoms with Crippen LogP contribution in [0.1, 0.15) is 72.3 Å². The number of unbranched alkanes of at least 4 members (excludes halogenated alkanes) is 1. The summed E-state index contributed by atoms with van der Waals surface area (Å²) < 4.78 is 17.5. The molecule has 3 amide bonds. The van der Waals surface area contributed by atoms with E-state index in [1.54, 1.807) is 0 Å². The van der Waals surface area contributed by atoms with Crippen LogP contribution in [0.5, 0.6) is 0 Å². The SMILES string of the molecule is CCCCOC(=O)N1CCCCC1C(=O)N[C@@H](Cc1ccc(B2OC(C)(C)C(C)(C)O2)cc1)C(N)=O. The van der Waals surface area contributed by atoms with E-state index < -0.39 is 42.4 Å². The van der Waals surface area contributed by atoms with Crippen molar-refractivity contribution in [3.63, 3.8) is 0 Å². The second-order valence-electron chi connectivity index (χ2n) is 10.7. The molecule has 2 saturated heterocycles. The van der Waals surface area contributed by atoms with Gasteiger partial charge in [-0.2, -0.15) is 0 Å². The molecular formula is C26H40BN3O6. The van der Waals surface area contributed by atoms with Gasteiger partial charge in [0.25, 0.3) is 0 Å². The number of primary amides is 1. The Morgan fingerprint density at radius 2 is 1.78 bits per heavy atom. The summed E-state index contributed by atoms with van der Waals surface area (Å²) in [5.41, 5.74) is 6.46. The summed E-state index contributed by atoms with van der Waals surface area (Å²) in [6, 6.07) is 5.96. The van der Waals surface area contributed by atoms with Crippen LogP contribution in [-0.4, -0.2) is 66.4 Å². The van der Waals surface area contributed by atoms with Gasteiger partial charge in [-0.25, -0.2) is 4.79 Å². The van der Waals surface area contributed by atoms with Crippen molar-refractivity contribution in [3.8, 4) is 0 Å². The first-order chi connectivity index (χ1) is 16.9. The number of amides is 3. The second-order valence-corrected chi connectivity index (χ2v) is 10.7. The van der Waals surface area contributed by atoms with E-state index in [-0.39, 0.29) is 12.3 Å². The van der Waals surface area contributed by atoms with Crippen molar-refractivity contribution in [1.82, 2.24) is 10.2 Å². The Morgan fingerprint density at radius 3 is 2.36 bits per heavy atom. The zero-order valence-corrected chi connectivity index (χ0v) is 22.2. The minimum Gasteiger partial charge on any atom is -0.449 e. The molecule has 0 bridgehead atoms. The average Bonchev–Trinajstić information content (AvgIpc) is 3.05. The van der Waals surface area contributed by atoms with E-state index in [0.717, 1.165) is 36.7 Å². The van der Waals surface area contributed by atoms with Crippen LogP contribution in [0.25, 0.3) is 0 Å². The first-order valence-corrected chi connectivity index (χ1v) is 12.9. The van der Waals surface area contributed by atoms with Crippen LogP contribution < -0.4 is 16.5 Å². The molecule has 0 spiro atoms. The molecule has 2 fully saturated rings. The molecule has 0 radical (unpaired) electrons. The molecule has 36 heavy (non-hydrogen) atoms. The number of carbonyl (C=O) groups is 3. The van der Waals surface area contributed by atoms with Gasteiger partial charge in [-0.3, -0.25) is 14.5 Å². The van der Waals surface area contributed by atoms with Crippen molar-refractivity contribution in [2.45, 2.75) is 96.4 Å². The van der Waals surface area contributed by atoms with Crippen LogP contribution in [0.3, 0.4) is 0 Å². The number of nitrogens with zero attached hydrogens (tertiary/aromatic N) is 1. The predicted octanol–water partition coefficient (Wildman–Crippen LogP) is 2.29. The number of benzene rings is 1. The van der Waals surface area contributed by atoms with Crippen LogP contribution in [0, 0.1) is 0 Å². The molecule has 2 aliphatic rings. The highest BCUT2D eigenvalue weighted by Gasteiger charge is 2.51. The molecule has 1 unspecified atom stereocenters. The van der Waals surface area contributed by atoms with Gasteiger partial charge in [-0.15, -0.1) is 0 Å². The molecule has 9 nitrogen and oxygen atoms in total. The molecule has 3 rings (SSSR count). The van der Waals surface area contributed by atoms with Crippen LogP contribution in [0.4, 0.5) is 4.79 Å². The maximum atomic E-state index is 13.1. The van der Waals surface area contributed by atoms with Gasteiger partial charge in [0, 0.05) is 13.0 Å². The first-order valence-electron chi connectivity index (χ1n) is 12.9. The van der Waals surface area contributed by atoms with Gasteiger partial charge in [0.1, 0.15) is 12.1 Å². The fraction of sp³-hybridized carbons (Fsp3) is 0.654. The smallest absolute Gasteiger partial charge is 0.449 e. The highest BCUT2D eigenvalue weighted by atomic mass is 16.7. The van der Waals surface area contributed by atoms with Gasteiger partial charge in [-0.05, 0) is 64.4 Å². The number of rotatable bonds is 9. The molecular weight excluding hydrogens is 461 g/mol.